The first-order valence-corrected chi connectivity index (χ1v) is 6.21. The van der Waals surface area contributed by atoms with Crippen molar-refractivity contribution >= 4 is 62.2 Å². The summed E-state index contributed by atoms with van der Waals surface area (Å²) in [5.41, 5.74) is 0.763. The van der Waals surface area contributed by atoms with E-state index < -0.39 is 0 Å². The summed E-state index contributed by atoms with van der Waals surface area (Å²) in [6.07, 6.45) is 0.902. The minimum absolute atomic E-state index is 0.763. The van der Waals surface area contributed by atoms with Gasteiger partial charge in [0.2, 0.25) is 0 Å². The van der Waals surface area contributed by atoms with E-state index in [-0.39, 0.29) is 0 Å². The van der Waals surface area contributed by atoms with Gasteiger partial charge in [-0.2, -0.15) is 0 Å². The van der Waals surface area contributed by atoms with E-state index in [2.05, 4.69) is 63.4 Å². The number of carbonyl (C=O) groups is 1. The first-order chi connectivity index (χ1) is 6.72. The highest BCUT2D eigenvalue weighted by molar-refractivity contribution is 14.1. The van der Waals surface area contributed by atoms with Crippen LogP contribution in [0.25, 0.3) is 10.8 Å². The van der Waals surface area contributed by atoms with E-state index in [0.29, 0.717) is 0 Å². The van der Waals surface area contributed by atoms with E-state index in [9.17, 15) is 4.79 Å². The lowest BCUT2D eigenvalue weighted by atomic mass is 10.1. The Kier molecular flexibility index (Phi) is 3.06. The highest BCUT2D eigenvalue weighted by Crippen LogP contribution is 2.24. The molecule has 0 amide bonds. The van der Waals surface area contributed by atoms with Gasteiger partial charge in [-0.3, -0.25) is 4.79 Å². The normalized spacial score (nSPS) is 10.4. The van der Waals surface area contributed by atoms with E-state index in [1.165, 1.54) is 8.96 Å². The van der Waals surface area contributed by atoms with Crippen LogP contribution in [0.5, 0.6) is 0 Å². The molecular weight excluding hydrogens is 402 g/mol. The summed E-state index contributed by atoms with van der Waals surface area (Å²) >= 11 is 4.50. The molecule has 2 aromatic rings. The van der Waals surface area contributed by atoms with Crippen molar-refractivity contribution in [1.82, 2.24) is 0 Å². The molecule has 0 aliphatic rings. The molecule has 2 rings (SSSR count). The van der Waals surface area contributed by atoms with Gasteiger partial charge < -0.3 is 0 Å². The molecule has 14 heavy (non-hydrogen) atoms. The standard InChI is InChI=1S/C11H6I2O/c12-9-3-4-10-7(5-9)1-2-8(6-14)11(10)13/h1-6H. The van der Waals surface area contributed by atoms with Crippen LogP contribution in [0.15, 0.2) is 30.3 Å². The maximum absolute atomic E-state index is 10.7. The Balaban J connectivity index is 2.83. The van der Waals surface area contributed by atoms with Crippen molar-refractivity contribution < 1.29 is 4.79 Å². The smallest absolute Gasteiger partial charge is 0.151 e. The third-order valence-corrected chi connectivity index (χ3v) is 3.95. The lowest BCUT2D eigenvalue weighted by molar-refractivity contribution is 0.112. The third kappa shape index (κ3) is 1.79. The molecule has 1 nitrogen and oxygen atoms in total. The predicted molar refractivity (Wildman–Crippen MR) is 74.8 cm³/mol. The summed E-state index contributed by atoms with van der Waals surface area (Å²) in [5, 5.41) is 2.34. The van der Waals surface area contributed by atoms with E-state index in [1.54, 1.807) is 0 Å². The second kappa shape index (κ2) is 4.14. The van der Waals surface area contributed by atoms with Gasteiger partial charge in [0.1, 0.15) is 0 Å². The summed E-state index contributed by atoms with van der Waals surface area (Å²) < 4.78 is 2.25. The zero-order valence-electron chi connectivity index (χ0n) is 7.13. The molecule has 0 aromatic heterocycles. The minimum atomic E-state index is 0.763. The quantitative estimate of drug-likeness (QED) is 0.518. The lowest BCUT2D eigenvalue weighted by Gasteiger charge is -2.03. The predicted octanol–water partition coefficient (Wildman–Crippen LogP) is 3.86. The molecule has 0 aliphatic carbocycles. The van der Waals surface area contributed by atoms with Gasteiger partial charge in [-0.15, -0.1) is 0 Å². The van der Waals surface area contributed by atoms with Gasteiger partial charge in [-0.25, -0.2) is 0 Å². The molecule has 0 aliphatic heterocycles. The van der Waals surface area contributed by atoms with Gasteiger partial charge in [0, 0.05) is 12.7 Å². The monoisotopic (exact) mass is 408 g/mol. The molecule has 0 bridgehead atoms. The molecule has 0 heterocycles. The summed E-state index contributed by atoms with van der Waals surface area (Å²) in [7, 11) is 0. The number of rotatable bonds is 1. The highest BCUT2D eigenvalue weighted by Gasteiger charge is 2.03. The van der Waals surface area contributed by atoms with Crippen LogP contribution in [-0.4, -0.2) is 6.29 Å². The summed E-state index contributed by atoms with van der Waals surface area (Å²) in [4.78, 5) is 10.7. The Bertz CT molecular complexity index is 506. The van der Waals surface area contributed by atoms with Crippen molar-refractivity contribution in [1.29, 1.82) is 0 Å². The van der Waals surface area contributed by atoms with Crippen LogP contribution < -0.4 is 0 Å². The van der Waals surface area contributed by atoms with Crippen molar-refractivity contribution in [3.8, 4) is 0 Å². The van der Waals surface area contributed by atoms with Crippen LogP contribution >= 0.6 is 45.2 Å². The van der Waals surface area contributed by atoms with Gasteiger partial charge in [-0.1, -0.05) is 12.1 Å². The number of benzene rings is 2. The number of fused-ring (bicyclic) bond motifs is 1. The molecule has 0 radical (unpaired) electrons. The Morgan fingerprint density at radius 3 is 2.57 bits per heavy atom. The molecule has 0 saturated heterocycles. The van der Waals surface area contributed by atoms with Crippen molar-refractivity contribution in [2.24, 2.45) is 0 Å². The van der Waals surface area contributed by atoms with Crippen molar-refractivity contribution in [3.63, 3.8) is 0 Å². The van der Waals surface area contributed by atoms with Crippen LogP contribution in [0.3, 0.4) is 0 Å². The van der Waals surface area contributed by atoms with Gasteiger partial charge in [0.15, 0.2) is 6.29 Å². The fourth-order valence-corrected chi connectivity index (χ4v) is 2.68. The average molecular weight is 408 g/mol. The maximum Gasteiger partial charge on any atom is 0.151 e. The second-order valence-electron chi connectivity index (χ2n) is 2.95. The first kappa shape index (κ1) is 10.4. The molecule has 3 heteroatoms. The van der Waals surface area contributed by atoms with Gasteiger partial charge >= 0.3 is 0 Å². The average Bonchev–Trinajstić information content (AvgIpc) is 2.18. The van der Waals surface area contributed by atoms with E-state index in [4.69, 9.17) is 0 Å². The molecule has 0 atom stereocenters. The highest BCUT2D eigenvalue weighted by atomic mass is 127. The molecular formula is C11H6I2O. The Morgan fingerprint density at radius 2 is 1.86 bits per heavy atom. The van der Waals surface area contributed by atoms with Gasteiger partial charge in [-0.05, 0) is 74.2 Å². The van der Waals surface area contributed by atoms with E-state index in [1.807, 2.05) is 12.1 Å². The van der Waals surface area contributed by atoms with Crippen molar-refractivity contribution in [2.75, 3.05) is 0 Å². The SMILES string of the molecule is O=Cc1ccc2cc(I)ccc2c1I. The number of carbonyl (C=O) groups excluding carboxylic acids is 1. The zero-order valence-corrected chi connectivity index (χ0v) is 11.4. The fraction of sp³-hybridized carbons (Fsp3) is 0. The van der Waals surface area contributed by atoms with Gasteiger partial charge in [0.05, 0.1) is 0 Å². The Hall–Kier alpha value is -0.170. The second-order valence-corrected chi connectivity index (χ2v) is 5.28. The first-order valence-electron chi connectivity index (χ1n) is 4.05. The molecule has 70 valence electrons. The molecule has 0 spiro atoms. The largest absolute Gasteiger partial charge is 0.298 e. The molecule has 0 saturated carbocycles. The van der Waals surface area contributed by atoms with Crippen LogP contribution in [-0.2, 0) is 0 Å². The summed E-state index contributed by atoms with van der Waals surface area (Å²) in [5.74, 6) is 0. The van der Waals surface area contributed by atoms with Gasteiger partial charge in [0.25, 0.3) is 0 Å². The number of aldehydes is 1. The van der Waals surface area contributed by atoms with Crippen molar-refractivity contribution in [2.45, 2.75) is 0 Å². The zero-order chi connectivity index (χ0) is 10.1. The molecule has 0 unspecified atom stereocenters. The molecule has 0 N–H and O–H groups in total. The van der Waals surface area contributed by atoms with E-state index in [0.717, 1.165) is 20.8 Å². The van der Waals surface area contributed by atoms with Crippen LogP contribution in [0.2, 0.25) is 0 Å². The summed E-state index contributed by atoms with van der Waals surface area (Å²) in [6.45, 7) is 0. The van der Waals surface area contributed by atoms with Crippen LogP contribution in [0, 0.1) is 7.14 Å². The van der Waals surface area contributed by atoms with Crippen molar-refractivity contribution in [3.05, 3.63) is 43.0 Å². The molecule has 0 fully saturated rings. The lowest BCUT2D eigenvalue weighted by Crippen LogP contribution is -1.87. The number of halogens is 2. The maximum atomic E-state index is 10.7. The third-order valence-electron chi connectivity index (χ3n) is 2.07. The Labute approximate surface area is 109 Å². The number of hydrogen-bond donors (Lipinski definition) is 0. The molecule has 2 aromatic carbocycles. The minimum Gasteiger partial charge on any atom is -0.298 e. The number of hydrogen-bond acceptors (Lipinski definition) is 1. The fourth-order valence-electron chi connectivity index (χ4n) is 1.37. The van der Waals surface area contributed by atoms with Crippen LogP contribution in [0.4, 0.5) is 0 Å². The van der Waals surface area contributed by atoms with E-state index >= 15 is 0 Å². The van der Waals surface area contributed by atoms with Crippen LogP contribution in [0.1, 0.15) is 10.4 Å². The topological polar surface area (TPSA) is 17.1 Å². The Morgan fingerprint density at radius 1 is 1.07 bits per heavy atom. The summed E-state index contributed by atoms with van der Waals surface area (Å²) in [6, 6.07) is 10.1.